The van der Waals surface area contributed by atoms with E-state index in [0.717, 1.165) is 12.1 Å². The number of nitrogens with one attached hydrogen (secondary N) is 1. The van der Waals surface area contributed by atoms with Gasteiger partial charge >= 0.3 is 11.3 Å². The van der Waals surface area contributed by atoms with E-state index in [-0.39, 0.29) is 22.0 Å². The molecule has 1 N–H and O–H groups in total. The maximum Gasteiger partial charge on any atom is 0.416 e. The van der Waals surface area contributed by atoms with Crippen LogP contribution in [-0.4, -0.2) is 28.6 Å². The summed E-state index contributed by atoms with van der Waals surface area (Å²) in [6.45, 7) is 0. The second kappa shape index (κ2) is 6.81. The number of rotatable bonds is 4. The van der Waals surface area contributed by atoms with Gasteiger partial charge in [0.2, 0.25) is 0 Å². The van der Waals surface area contributed by atoms with Crippen molar-refractivity contribution in [3.05, 3.63) is 53.3 Å². The Hall–Kier alpha value is -2.26. The quantitative estimate of drug-likeness (QED) is 0.544. The van der Waals surface area contributed by atoms with Gasteiger partial charge in [-0.2, -0.15) is 18.2 Å². The molecular formula is C17H15F4N3OS. The average molecular weight is 385 g/mol. The third-order valence-corrected chi connectivity index (χ3v) is 5.03. The summed E-state index contributed by atoms with van der Waals surface area (Å²) in [4.78, 5) is 8.44. The number of anilines is 1. The number of aromatic nitrogens is 2. The number of benzene rings is 2. The van der Waals surface area contributed by atoms with E-state index in [1.54, 1.807) is 31.1 Å². The van der Waals surface area contributed by atoms with Crippen LogP contribution in [-0.2, 0) is 23.1 Å². The van der Waals surface area contributed by atoms with Crippen LogP contribution in [0.15, 0.2) is 41.6 Å². The molecule has 0 spiro atoms. The van der Waals surface area contributed by atoms with Gasteiger partial charge in [-0.15, -0.1) is 0 Å². The Labute approximate surface area is 150 Å². The molecule has 26 heavy (non-hydrogen) atoms. The van der Waals surface area contributed by atoms with Gasteiger partial charge < -0.3 is 9.45 Å². The smallest absolute Gasteiger partial charge is 0.416 e. The van der Waals surface area contributed by atoms with Crippen molar-refractivity contribution < 1.29 is 22.1 Å². The predicted molar refractivity (Wildman–Crippen MR) is 91.9 cm³/mol. The van der Waals surface area contributed by atoms with Gasteiger partial charge in [-0.05, 0) is 30.3 Å². The molecular weight excluding hydrogens is 370 g/mol. The zero-order chi connectivity index (χ0) is 19.1. The van der Waals surface area contributed by atoms with E-state index in [4.69, 9.17) is 0 Å². The highest BCUT2D eigenvalue weighted by Gasteiger charge is 2.31. The highest BCUT2D eigenvalue weighted by Crippen LogP contribution is 2.32. The summed E-state index contributed by atoms with van der Waals surface area (Å²) in [5.74, 6) is -0.647. The number of alkyl halides is 3. The van der Waals surface area contributed by atoms with Crippen molar-refractivity contribution in [1.29, 1.82) is 0 Å². The van der Waals surface area contributed by atoms with Gasteiger partial charge in [0.25, 0.3) is 0 Å². The number of hydrogen-bond donors (Lipinski definition) is 1. The molecule has 0 amide bonds. The summed E-state index contributed by atoms with van der Waals surface area (Å²) in [6, 6.07) is 7.57. The van der Waals surface area contributed by atoms with Crippen molar-refractivity contribution in [2.75, 3.05) is 19.0 Å². The Kier molecular flexibility index (Phi) is 4.85. The number of nitrogens with zero attached hydrogens (tertiary/aromatic N) is 2. The van der Waals surface area contributed by atoms with Crippen LogP contribution in [0.1, 0.15) is 11.1 Å². The first-order chi connectivity index (χ1) is 12.2. The summed E-state index contributed by atoms with van der Waals surface area (Å²) in [6.07, 6.45) is -4.49. The highest BCUT2D eigenvalue weighted by atomic mass is 32.2. The van der Waals surface area contributed by atoms with Crippen molar-refractivity contribution >= 4 is 27.9 Å². The zero-order valence-electron chi connectivity index (χ0n) is 13.9. The Morgan fingerprint density at radius 1 is 1.19 bits per heavy atom. The Morgan fingerprint density at radius 3 is 2.58 bits per heavy atom. The minimum absolute atomic E-state index is 0.00674. The van der Waals surface area contributed by atoms with Crippen LogP contribution >= 0.6 is 0 Å². The van der Waals surface area contributed by atoms with Gasteiger partial charge in [-0.1, -0.05) is 6.07 Å². The Bertz CT molecular complexity index is 939. The van der Waals surface area contributed by atoms with Crippen LogP contribution in [0.2, 0.25) is 0 Å². The summed E-state index contributed by atoms with van der Waals surface area (Å²) in [7, 11) is 3.47. The van der Waals surface area contributed by atoms with Crippen LogP contribution in [0.4, 0.5) is 23.2 Å². The predicted octanol–water partition coefficient (Wildman–Crippen LogP) is 4.09. The zero-order valence-corrected chi connectivity index (χ0v) is 14.7. The number of aromatic amines is 1. The summed E-state index contributed by atoms with van der Waals surface area (Å²) < 4.78 is 65.1. The van der Waals surface area contributed by atoms with Crippen LogP contribution in [0.3, 0.4) is 0 Å². The van der Waals surface area contributed by atoms with Gasteiger partial charge in [-0.3, -0.25) is 4.98 Å². The van der Waals surface area contributed by atoms with Gasteiger partial charge in [0, 0.05) is 31.0 Å². The van der Waals surface area contributed by atoms with Crippen LogP contribution in [0, 0.1) is 5.82 Å². The number of hydrogen-bond acceptors (Lipinski definition) is 3. The second-order valence-corrected chi connectivity index (χ2v) is 7.26. The summed E-state index contributed by atoms with van der Waals surface area (Å²) in [5, 5.41) is 0.00674. The van der Waals surface area contributed by atoms with Gasteiger partial charge in [0.15, 0.2) is 0 Å². The molecule has 0 radical (unpaired) electrons. The molecule has 0 aliphatic heterocycles. The van der Waals surface area contributed by atoms with E-state index in [2.05, 4.69) is 9.97 Å². The largest absolute Gasteiger partial charge is 0.609 e. The van der Waals surface area contributed by atoms with E-state index < -0.39 is 28.7 Å². The van der Waals surface area contributed by atoms with Crippen molar-refractivity contribution in [3.8, 4) is 0 Å². The monoisotopic (exact) mass is 385 g/mol. The standard InChI is InChI=1S/C17H15F4N3OS/c1-24(2)15-5-3-4-12(18)11(15)9-26(25)16-22-13-7-6-10(17(19,20)21)8-14(13)23-16/h3-8H,9H2,1-2H3,(H,22,23). The maximum atomic E-state index is 14.2. The second-order valence-electron chi connectivity index (χ2n) is 5.89. The molecule has 0 saturated carbocycles. The molecule has 0 bridgehead atoms. The molecule has 1 atom stereocenters. The lowest BCUT2D eigenvalue weighted by Gasteiger charge is -2.18. The minimum atomic E-state index is -4.49. The van der Waals surface area contributed by atoms with Gasteiger partial charge in [0.1, 0.15) is 11.6 Å². The van der Waals surface area contributed by atoms with Gasteiger partial charge in [-0.25, -0.2) is 4.39 Å². The molecule has 1 aromatic heterocycles. The molecule has 0 aliphatic carbocycles. The first kappa shape index (κ1) is 18.5. The molecule has 0 saturated heterocycles. The molecule has 138 valence electrons. The highest BCUT2D eigenvalue weighted by molar-refractivity contribution is 7.90. The molecule has 3 rings (SSSR count). The minimum Gasteiger partial charge on any atom is -0.609 e. The number of imidazole rings is 1. The van der Waals surface area contributed by atoms with Crippen molar-refractivity contribution in [3.63, 3.8) is 0 Å². The van der Waals surface area contributed by atoms with Crippen LogP contribution in [0.5, 0.6) is 0 Å². The van der Waals surface area contributed by atoms with E-state index in [1.807, 2.05) is 0 Å². The van der Waals surface area contributed by atoms with Crippen LogP contribution < -0.4 is 4.90 Å². The molecule has 0 fully saturated rings. The average Bonchev–Trinajstić information content (AvgIpc) is 2.98. The number of H-pyrrole nitrogens is 1. The van der Waals surface area contributed by atoms with Crippen molar-refractivity contribution in [1.82, 2.24) is 9.97 Å². The topological polar surface area (TPSA) is 55.0 Å². The van der Waals surface area contributed by atoms with E-state index >= 15 is 0 Å². The maximum absolute atomic E-state index is 14.2. The molecule has 0 aliphatic rings. The SMILES string of the molecule is CN(C)c1cccc(F)c1C[S+]([O-])c1nc2cc(C(F)(F)F)ccc2[nH]1. The normalized spacial score (nSPS) is 13.2. The first-order valence-corrected chi connectivity index (χ1v) is 8.89. The summed E-state index contributed by atoms with van der Waals surface area (Å²) in [5.41, 5.74) is 0.395. The van der Waals surface area contributed by atoms with E-state index in [1.165, 1.54) is 12.1 Å². The lowest BCUT2D eigenvalue weighted by Crippen LogP contribution is -2.15. The summed E-state index contributed by atoms with van der Waals surface area (Å²) >= 11 is -1.75. The lowest BCUT2D eigenvalue weighted by molar-refractivity contribution is -0.137. The molecule has 1 unspecified atom stereocenters. The fourth-order valence-electron chi connectivity index (χ4n) is 2.58. The van der Waals surface area contributed by atoms with E-state index in [0.29, 0.717) is 11.2 Å². The Balaban J connectivity index is 1.93. The molecule has 1 heterocycles. The first-order valence-electron chi connectivity index (χ1n) is 7.57. The Morgan fingerprint density at radius 2 is 1.92 bits per heavy atom. The fraction of sp³-hybridized carbons (Fsp3) is 0.235. The van der Waals surface area contributed by atoms with Crippen molar-refractivity contribution in [2.45, 2.75) is 17.1 Å². The van der Waals surface area contributed by atoms with Crippen molar-refractivity contribution in [2.24, 2.45) is 0 Å². The third-order valence-electron chi connectivity index (χ3n) is 3.86. The third kappa shape index (κ3) is 3.63. The van der Waals surface area contributed by atoms with Crippen LogP contribution in [0.25, 0.3) is 11.0 Å². The van der Waals surface area contributed by atoms with E-state index in [9.17, 15) is 22.1 Å². The molecule has 4 nitrogen and oxygen atoms in total. The molecule has 2 aromatic carbocycles. The lowest BCUT2D eigenvalue weighted by atomic mass is 10.2. The fourth-order valence-corrected chi connectivity index (χ4v) is 3.68. The molecule has 9 heteroatoms. The number of fused-ring (bicyclic) bond motifs is 1. The molecule has 3 aromatic rings. The number of halogens is 4. The van der Waals surface area contributed by atoms with Gasteiger partial charge in [0.05, 0.1) is 22.2 Å².